The van der Waals surface area contributed by atoms with Crippen LogP contribution < -0.4 is 15.0 Å². The highest BCUT2D eigenvalue weighted by Crippen LogP contribution is 2.35. The van der Waals surface area contributed by atoms with Crippen LogP contribution in [0.15, 0.2) is 60.9 Å². The average Bonchev–Trinajstić information content (AvgIpc) is 3.61. The monoisotopic (exact) mass is 559 g/mol. The van der Waals surface area contributed by atoms with Crippen molar-refractivity contribution in [1.29, 1.82) is 5.26 Å². The van der Waals surface area contributed by atoms with Crippen molar-refractivity contribution in [3.05, 3.63) is 60.9 Å². The Morgan fingerprint density at radius 1 is 1.05 bits per heavy atom. The van der Waals surface area contributed by atoms with E-state index in [-0.39, 0.29) is 11.8 Å². The molecular formula is C31H37N5O3S. The van der Waals surface area contributed by atoms with E-state index in [4.69, 9.17) is 10.00 Å². The summed E-state index contributed by atoms with van der Waals surface area (Å²) in [6, 6.07) is 18.5. The first-order chi connectivity index (χ1) is 19.5. The van der Waals surface area contributed by atoms with Crippen molar-refractivity contribution in [3.63, 3.8) is 0 Å². The molecule has 0 bridgehead atoms. The van der Waals surface area contributed by atoms with E-state index in [0.29, 0.717) is 0 Å². The Bertz CT molecular complexity index is 1360. The van der Waals surface area contributed by atoms with Crippen LogP contribution in [0, 0.1) is 17.2 Å². The van der Waals surface area contributed by atoms with Gasteiger partial charge in [-0.05, 0) is 55.5 Å². The molecule has 1 amide bonds. The molecule has 2 aliphatic carbocycles. The van der Waals surface area contributed by atoms with Crippen molar-refractivity contribution in [1.82, 2.24) is 15.1 Å². The van der Waals surface area contributed by atoms with Crippen molar-refractivity contribution in [2.24, 2.45) is 5.92 Å². The highest BCUT2D eigenvalue weighted by Gasteiger charge is 2.45. The highest BCUT2D eigenvalue weighted by molar-refractivity contribution is 7.85. The number of aromatic nitrogens is 2. The molecule has 3 aromatic rings. The Balaban J connectivity index is 0.000000194. The lowest BCUT2D eigenvalue weighted by Gasteiger charge is -2.28. The smallest absolute Gasteiger partial charge is 0.224 e. The molecule has 1 aromatic heterocycles. The molecule has 0 unspecified atom stereocenters. The van der Waals surface area contributed by atoms with Crippen LogP contribution in [0.2, 0.25) is 0 Å². The number of amides is 1. The third-order valence-corrected chi connectivity index (χ3v) is 9.24. The van der Waals surface area contributed by atoms with Gasteiger partial charge in [0.1, 0.15) is 17.0 Å². The topological polar surface area (TPSA) is 100 Å². The van der Waals surface area contributed by atoms with Crippen LogP contribution in [0.3, 0.4) is 0 Å². The van der Waals surface area contributed by atoms with Gasteiger partial charge in [-0.2, -0.15) is 10.4 Å². The summed E-state index contributed by atoms with van der Waals surface area (Å²) in [5.41, 5.74) is 3.80. The zero-order chi connectivity index (χ0) is 28.0. The summed E-state index contributed by atoms with van der Waals surface area (Å²) in [6.45, 7) is 1.72. The number of carbonyl (C=O) groups excluding carboxylic acids is 1. The predicted octanol–water partition coefficient (Wildman–Crippen LogP) is 4.86. The standard InChI is InChI=1S/C20H21N3O2S.C11H16N2O/c1-25-20-5-3-2-4-19(20)23-15-17(14-21-23)16-6-8-18(9-7-16)22-10-12-26(24)13-11-22;12-8-11(6-7-11)13-10(14)9-4-2-1-3-5-9/h2-9,14-15H,10-13H2,1H3;9H,1-7H2,(H,13,14). The Labute approximate surface area is 238 Å². The average molecular weight is 560 g/mol. The predicted molar refractivity (Wildman–Crippen MR) is 158 cm³/mol. The number of ether oxygens (including phenoxy) is 1. The zero-order valence-electron chi connectivity index (χ0n) is 23.1. The van der Waals surface area contributed by atoms with Gasteiger partial charge in [-0.25, -0.2) is 4.68 Å². The molecule has 0 radical (unpaired) electrons. The molecule has 210 valence electrons. The number of hydrogen-bond donors (Lipinski definition) is 1. The van der Waals surface area contributed by atoms with E-state index in [1.807, 2.05) is 41.3 Å². The van der Waals surface area contributed by atoms with Crippen LogP contribution in [0.1, 0.15) is 44.9 Å². The van der Waals surface area contributed by atoms with Gasteiger partial charge in [0.05, 0.1) is 19.4 Å². The van der Waals surface area contributed by atoms with E-state index in [2.05, 4.69) is 45.7 Å². The van der Waals surface area contributed by atoms with E-state index in [0.717, 1.165) is 85.7 Å². The molecule has 9 heteroatoms. The maximum absolute atomic E-state index is 11.8. The fourth-order valence-corrected chi connectivity index (χ4v) is 6.33. The first-order valence-corrected chi connectivity index (χ1v) is 15.6. The number of para-hydroxylation sites is 2. The number of nitrogens with zero attached hydrogens (tertiary/aromatic N) is 4. The highest BCUT2D eigenvalue weighted by atomic mass is 32.2. The van der Waals surface area contributed by atoms with Crippen molar-refractivity contribution >= 4 is 22.4 Å². The number of benzene rings is 2. The van der Waals surface area contributed by atoms with Crippen LogP contribution in [-0.2, 0) is 15.6 Å². The zero-order valence-corrected chi connectivity index (χ0v) is 23.9. The molecule has 0 atom stereocenters. The Morgan fingerprint density at radius 3 is 2.40 bits per heavy atom. The molecular weight excluding hydrogens is 522 g/mol. The molecule has 2 heterocycles. The van der Waals surface area contributed by atoms with Crippen LogP contribution in [0.4, 0.5) is 5.69 Å². The van der Waals surface area contributed by atoms with Gasteiger partial charge < -0.3 is 15.0 Å². The summed E-state index contributed by atoms with van der Waals surface area (Å²) in [7, 11) is 1.01. The van der Waals surface area contributed by atoms with Crippen molar-refractivity contribution in [2.45, 2.75) is 50.5 Å². The van der Waals surface area contributed by atoms with E-state index >= 15 is 0 Å². The molecule has 6 rings (SSSR count). The third-order valence-electron chi connectivity index (χ3n) is 7.96. The van der Waals surface area contributed by atoms with Crippen molar-refractivity contribution in [2.75, 3.05) is 36.6 Å². The van der Waals surface area contributed by atoms with E-state index in [9.17, 15) is 9.00 Å². The lowest BCUT2D eigenvalue weighted by Crippen LogP contribution is -2.40. The number of rotatable bonds is 6. The van der Waals surface area contributed by atoms with Crippen molar-refractivity contribution < 1.29 is 13.7 Å². The summed E-state index contributed by atoms with van der Waals surface area (Å²) in [5, 5.41) is 16.2. The summed E-state index contributed by atoms with van der Waals surface area (Å²) < 4.78 is 18.8. The number of anilines is 1. The normalized spacial score (nSPS) is 18.6. The molecule has 1 aliphatic heterocycles. The number of nitrogens with one attached hydrogen (secondary N) is 1. The molecule has 3 aliphatic rings. The minimum atomic E-state index is -0.650. The quantitative estimate of drug-likeness (QED) is 0.463. The largest absolute Gasteiger partial charge is 0.494 e. The number of nitriles is 1. The SMILES string of the molecule is COc1ccccc1-n1cc(-c2ccc(N3CCS(=O)CC3)cc2)cn1.N#CC1(NC(=O)C2CCCCC2)CC1. The maximum Gasteiger partial charge on any atom is 0.224 e. The molecule has 1 N–H and O–H groups in total. The second kappa shape index (κ2) is 12.7. The van der Waals surface area contributed by atoms with Gasteiger partial charge in [-0.1, -0.05) is 43.5 Å². The number of methoxy groups -OCH3 is 1. The Hall–Kier alpha value is -3.64. The fraction of sp³-hybridized carbons (Fsp3) is 0.452. The van der Waals surface area contributed by atoms with Gasteiger partial charge in [0.15, 0.2) is 0 Å². The maximum atomic E-state index is 11.8. The van der Waals surface area contributed by atoms with E-state index in [1.54, 1.807) is 7.11 Å². The Kier molecular flexibility index (Phi) is 8.85. The lowest BCUT2D eigenvalue weighted by atomic mass is 9.88. The number of hydrogen-bond acceptors (Lipinski definition) is 6. The second-order valence-corrected chi connectivity index (χ2v) is 12.4. The van der Waals surface area contributed by atoms with Gasteiger partial charge in [-0.3, -0.25) is 9.00 Å². The minimum absolute atomic E-state index is 0.115. The first kappa shape index (κ1) is 27.9. The third kappa shape index (κ3) is 6.73. The summed E-state index contributed by atoms with van der Waals surface area (Å²) >= 11 is 0. The summed E-state index contributed by atoms with van der Waals surface area (Å²) in [5.74, 6) is 2.60. The van der Waals surface area contributed by atoms with E-state index < -0.39 is 16.3 Å². The number of carbonyl (C=O) groups is 1. The van der Waals surface area contributed by atoms with Gasteiger partial charge in [-0.15, -0.1) is 0 Å². The summed E-state index contributed by atoms with van der Waals surface area (Å²) in [6.07, 6.45) is 11.1. The fourth-order valence-electron chi connectivity index (χ4n) is 5.28. The molecule has 3 fully saturated rings. The minimum Gasteiger partial charge on any atom is -0.494 e. The van der Waals surface area contributed by atoms with Gasteiger partial charge in [0, 0.05) is 58.8 Å². The lowest BCUT2D eigenvalue weighted by molar-refractivity contribution is -0.126. The van der Waals surface area contributed by atoms with Crippen LogP contribution in [0.5, 0.6) is 5.75 Å². The molecule has 1 saturated heterocycles. The first-order valence-electron chi connectivity index (χ1n) is 14.1. The Morgan fingerprint density at radius 2 is 1.75 bits per heavy atom. The molecule has 40 heavy (non-hydrogen) atoms. The van der Waals surface area contributed by atoms with Gasteiger partial charge >= 0.3 is 0 Å². The molecule has 2 aromatic carbocycles. The van der Waals surface area contributed by atoms with Crippen LogP contribution >= 0.6 is 0 Å². The van der Waals surface area contributed by atoms with E-state index in [1.165, 1.54) is 12.1 Å². The van der Waals surface area contributed by atoms with Crippen LogP contribution in [-0.4, -0.2) is 57.1 Å². The molecule has 2 saturated carbocycles. The second-order valence-electron chi connectivity index (χ2n) is 10.7. The summed E-state index contributed by atoms with van der Waals surface area (Å²) in [4.78, 5) is 14.0. The molecule has 0 spiro atoms. The molecule has 8 nitrogen and oxygen atoms in total. The van der Waals surface area contributed by atoms with Crippen molar-refractivity contribution in [3.8, 4) is 28.6 Å². The van der Waals surface area contributed by atoms with Gasteiger partial charge in [0.2, 0.25) is 5.91 Å². The van der Waals surface area contributed by atoms with Crippen LogP contribution in [0.25, 0.3) is 16.8 Å². The van der Waals surface area contributed by atoms with Gasteiger partial charge in [0.25, 0.3) is 0 Å².